The highest BCUT2D eigenvalue weighted by Crippen LogP contribution is 2.33. The van der Waals surface area contributed by atoms with Crippen LogP contribution < -0.4 is 0 Å². The molecule has 0 aliphatic carbocycles. The number of aliphatic hydroxyl groups is 1. The van der Waals surface area contributed by atoms with E-state index in [4.69, 9.17) is 23.2 Å². The molecule has 0 radical (unpaired) electrons. The van der Waals surface area contributed by atoms with Crippen LogP contribution in [0.3, 0.4) is 0 Å². The molecule has 0 aromatic heterocycles. The van der Waals surface area contributed by atoms with Gasteiger partial charge in [0.05, 0.1) is 6.10 Å². The lowest BCUT2D eigenvalue weighted by Crippen LogP contribution is -2.11. The third-order valence-electron chi connectivity index (χ3n) is 2.77. The number of halogens is 2. The van der Waals surface area contributed by atoms with E-state index in [0.717, 1.165) is 18.4 Å². The third kappa shape index (κ3) is 3.10. The Morgan fingerprint density at radius 1 is 1.20 bits per heavy atom. The number of hydrogen-bond donors (Lipinski definition) is 1. The Morgan fingerprint density at radius 2 is 1.80 bits per heavy atom. The Hall–Kier alpha value is -0.240. The minimum absolute atomic E-state index is 0.237. The van der Waals surface area contributed by atoms with Gasteiger partial charge in [0.1, 0.15) is 0 Å². The second-order valence-corrected chi connectivity index (χ2v) is 4.53. The van der Waals surface area contributed by atoms with Crippen LogP contribution in [0.4, 0.5) is 0 Å². The standard InChI is InChI=1S/C12H16Cl2O/c1-3-8(4-2)12(15)10-7-9(13)5-6-11(10)14/h5-8,12,15H,3-4H2,1-2H3. The third-order valence-corrected chi connectivity index (χ3v) is 3.35. The van der Waals surface area contributed by atoms with Crippen molar-refractivity contribution in [3.8, 4) is 0 Å². The van der Waals surface area contributed by atoms with Gasteiger partial charge in [-0.1, -0.05) is 49.9 Å². The van der Waals surface area contributed by atoms with Crippen LogP contribution in [-0.2, 0) is 0 Å². The summed E-state index contributed by atoms with van der Waals surface area (Å²) in [7, 11) is 0. The highest BCUT2D eigenvalue weighted by atomic mass is 35.5. The number of benzene rings is 1. The normalized spacial score (nSPS) is 13.2. The lowest BCUT2D eigenvalue weighted by molar-refractivity contribution is 0.103. The van der Waals surface area contributed by atoms with Crippen molar-refractivity contribution >= 4 is 23.2 Å². The quantitative estimate of drug-likeness (QED) is 0.832. The van der Waals surface area contributed by atoms with Crippen LogP contribution in [0, 0.1) is 5.92 Å². The van der Waals surface area contributed by atoms with Crippen LogP contribution in [0.1, 0.15) is 38.4 Å². The Bertz CT molecular complexity index is 321. The zero-order valence-corrected chi connectivity index (χ0v) is 10.5. The molecule has 84 valence electrons. The van der Waals surface area contributed by atoms with E-state index in [0.29, 0.717) is 10.0 Å². The van der Waals surface area contributed by atoms with Crippen molar-refractivity contribution in [2.45, 2.75) is 32.8 Å². The first-order chi connectivity index (χ1) is 7.10. The fraction of sp³-hybridized carbons (Fsp3) is 0.500. The van der Waals surface area contributed by atoms with Gasteiger partial charge in [-0.25, -0.2) is 0 Å². The molecule has 3 heteroatoms. The Labute approximate surface area is 101 Å². The average molecular weight is 247 g/mol. The number of hydrogen-bond acceptors (Lipinski definition) is 1. The van der Waals surface area contributed by atoms with E-state index in [1.165, 1.54) is 0 Å². The smallest absolute Gasteiger partial charge is 0.0832 e. The van der Waals surface area contributed by atoms with Gasteiger partial charge in [0.15, 0.2) is 0 Å². The first kappa shape index (κ1) is 12.8. The number of rotatable bonds is 4. The summed E-state index contributed by atoms with van der Waals surface area (Å²) in [5.41, 5.74) is 0.734. The summed E-state index contributed by atoms with van der Waals surface area (Å²) in [5, 5.41) is 11.3. The second-order valence-electron chi connectivity index (χ2n) is 3.69. The first-order valence-corrected chi connectivity index (χ1v) is 5.98. The molecule has 1 N–H and O–H groups in total. The summed E-state index contributed by atoms with van der Waals surface area (Å²) in [5.74, 6) is 0.237. The van der Waals surface area contributed by atoms with Gasteiger partial charge in [-0.05, 0) is 24.1 Å². The zero-order valence-electron chi connectivity index (χ0n) is 9.00. The van der Waals surface area contributed by atoms with Crippen molar-refractivity contribution < 1.29 is 5.11 Å². The van der Waals surface area contributed by atoms with E-state index in [-0.39, 0.29) is 5.92 Å². The lowest BCUT2D eigenvalue weighted by atomic mass is 9.91. The fourth-order valence-corrected chi connectivity index (χ4v) is 2.14. The zero-order chi connectivity index (χ0) is 11.4. The maximum atomic E-state index is 10.1. The molecule has 0 heterocycles. The summed E-state index contributed by atoms with van der Waals surface area (Å²) < 4.78 is 0. The molecule has 1 aromatic rings. The molecule has 1 nitrogen and oxygen atoms in total. The summed E-state index contributed by atoms with van der Waals surface area (Å²) in [4.78, 5) is 0. The molecule has 0 amide bonds. The van der Waals surface area contributed by atoms with Crippen LogP contribution in [0.15, 0.2) is 18.2 Å². The maximum absolute atomic E-state index is 10.1. The second kappa shape index (κ2) is 5.74. The number of aliphatic hydroxyl groups excluding tert-OH is 1. The van der Waals surface area contributed by atoms with Crippen molar-refractivity contribution in [1.29, 1.82) is 0 Å². The van der Waals surface area contributed by atoms with Crippen LogP contribution >= 0.6 is 23.2 Å². The molecule has 0 saturated carbocycles. The van der Waals surface area contributed by atoms with E-state index in [1.807, 2.05) is 0 Å². The van der Waals surface area contributed by atoms with Crippen molar-refractivity contribution in [2.75, 3.05) is 0 Å². The SMILES string of the molecule is CCC(CC)C(O)c1cc(Cl)ccc1Cl. The molecule has 1 unspecified atom stereocenters. The van der Waals surface area contributed by atoms with Crippen molar-refractivity contribution in [3.63, 3.8) is 0 Å². The molecule has 1 aromatic carbocycles. The molecule has 0 fully saturated rings. The molecule has 1 atom stereocenters. The summed E-state index contributed by atoms with van der Waals surface area (Å²) >= 11 is 11.9. The van der Waals surface area contributed by atoms with E-state index >= 15 is 0 Å². The molecule has 0 saturated heterocycles. The van der Waals surface area contributed by atoms with Crippen LogP contribution in [0.25, 0.3) is 0 Å². The monoisotopic (exact) mass is 246 g/mol. The van der Waals surface area contributed by atoms with E-state index in [1.54, 1.807) is 18.2 Å². The summed E-state index contributed by atoms with van der Waals surface area (Å²) in [6.07, 6.45) is 1.34. The van der Waals surface area contributed by atoms with Gasteiger partial charge in [-0.2, -0.15) is 0 Å². The highest BCUT2D eigenvalue weighted by Gasteiger charge is 2.20. The van der Waals surface area contributed by atoms with Gasteiger partial charge >= 0.3 is 0 Å². The maximum Gasteiger partial charge on any atom is 0.0832 e. The van der Waals surface area contributed by atoms with Crippen molar-refractivity contribution in [1.82, 2.24) is 0 Å². The van der Waals surface area contributed by atoms with Crippen LogP contribution in [0.2, 0.25) is 10.0 Å². The topological polar surface area (TPSA) is 20.2 Å². The molecular formula is C12H16Cl2O. The summed E-state index contributed by atoms with van der Waals surface area (Å²) in [6, 6.07) is 5.20. The predicted octanol–water partition coefficient (Wildman–Crippen LogP) is 4.46. The minimum Gasteiger partial charge on any atom is -0.388 e. The summed E-state index contributed by atoms with van der Waals surface area (Å²) in [6.45, 7) is 4.13. The fourth-order valence-electron chi connectivity index (χ4n) is 1.73. The Morgan fingerprint density at radius 3 is 2.33 bits per heavy atom. The van der Waals surface area contributed by atoms with E-state index in [2.05, 4.69) is 13.8 Å². The van der Waals surface area contributed by atoms with Crippen LogP contribution in [-0.4, -0.2) is 5.11 Å². The molecule has 1 rings (SSSR count). The van der Waals surface area contributed by atoms with Crippen molar-refractivity contribution in [3.05, 3.63) is 33.8 Å². The Kier molecular flexibility index (Phi) is 4.91. The van der Waals surface area contributed by atoms with Crippen LogP contribution in [0.5, 0.6) is 0 Å². The van der Waals surface area contributed by atoms with Gasteiger partial charge in [-0.3, -0.25) is 0 Å². The Balaban J connectivity index is 2.98. The molecule has 0 spiro atoms. The van der Waals surface area contributed by atoms with Gasteiger partial charge in [0.25, 0.3) is 0 Å². The van der Waals surface area contributed by atoms with Gasteiger partial charge < -0.3 is 5.11 Å². The minimum atomic E-state index is -0.522. The molecule has 15 heavy (non-hydrogen) atoms. The molecule has 0 aliphatic heterocycles. The van der Waals surface area contributed by atoms with Crippen molar-refractivity contribution in [2.24, 2.45) is 5.92 Å². The molecule has 0 aliphatic rings. The van der Waals surface area contributed by atoms with E-state index < -0.39 is 6.10 Å². The lowest BCUT2D eigenvalue weighted by Gasteiger charge is -2.21. The first-order valence-electron chi connectivity index (χ1n) is 5.23. The predicted molar refractivity (Wildman–Crippen MR) is 65.5 cm³/mol. The largest absolute Gasteiger partial charge is 0.388 e. The molecule has 0 bridgehead atoms. The average Bonchev–Trinajstić information content (AvgIpc) is 2.23. The molecular weight excluding hydrogens is 231 g/mol. The highest BCUT2D eigenvalue weighted by molar-refractivity contribution is 6.33. The van der Waals surface area contributed by atoms with Gasteiger partial charge in [-0.15, -0.1) is 0 Å². The van der Waals surface area contributed by atoms with Gasteiger partial charge in [0, 0.05) is 15.6 Å². The van der Waals surface area contributed by atoms with E-state index in [9.17, 15) is 5.11 Å². The van der Waals surface area contributed by atoms with Gasteiger partial charge in [0.2, 0.25) is 0 Å².